The molecule has 2 nitrogen and oxygen atoms in total. The summed E-state index contributed by atoms with van der Waals surface area (Å²) in [7, 11) is 0. The second-order valence-electron chi connectivity index (χ2n) is 4.30. The number of carbonyl (C=O) groups is 1. The first-order chi connectivity index (χ1) is 7.75. The zero-order valence-electron chi connectivity index (χ0n) is 9.53. The Kier molecular flexibility index (Phi) is 3.88. The summed E-state index contributed by atoms with van der Waals surface area (Å²) in [5.41, 5.74) is 1.24. The van der Waals surface area contributed by atoms with Gasteiger partial charge in [0.25, 0.3) is 0 Å². The summed E-state index contributed by atoms with van der Waals surface area (Å²) in [5, 5.41) is 2.97. The zero-order chi connectivity index (χ0) is 11.4. The van der Waals surface area contributed by atoms with Crippen molar-refractivity contribution in [1.82, 2.24) is 5.32 Å². The number of benzene rings is 1. The fourth-order valence-corrected chi connectivity index (χ4v) is 2.35. The van der Waals surface area contributed by atoms with Gasteiger partial charge in [-0.3, -0.25) is 4.79 Å². The Morgan fingerprint density at radius 3 is 2.88 bits per heavy atom. The van der Waals surface area contributed by atoms with Crippen molar-refractivity contribution in [2.75, 3.05) is 12.3 Å². The number of carbonyl (C=O) groups excluding carboxylic acids is 1. The van der Waals surface area contributed by atoms with Crippen molar-refractivity contribution in [2.24, 2.45) is 5.92 Å². The predicted molar refractivity (Wildman–Crippen MR) is 67.6 cm³/mol. The summed E-state index contributed by atoms with van der Waals surface area (Å²) in [6.45, 7) is 2.94. The van der Waals surface area contributed by atoms with E-state index in [1.807, 2.05) is 12.1 Å². The second-order valence-corrected chi connectivity index (χ2v) is 5.32. The van der Waals surface area contributed by atoms with Crippen LogP contribution >= 0.6 is 11.8 Å². The lowest BCUT2D eigenvalue weighted by atomic mass is 10.2. The lowest BCUT2D eigenvalue weighted by Crippen LogP contribution is -2.27. The number of nitrogens with one attached hydrogen (secondary N) is 1. The van der Waals surface area contributed by atoms with E-state index in [-0.39, 0.29) is 5.91 Å². The molecule has 86 valence electrons. The molecular formula is C13H17NOS. The molecule has 1 aliphatic rings. The molecule has 1 aromatic carbocycles. The van der Waals surface area contributed by atoms with Crippen molar-refractivity contribution >= 4 is 17.7 Å². The van der Waals surface area contributed by atoms with Crippen LogP contribution in [0.1, 0.15) is 18.4 Å². The van der Waals surface area contributed by atoms with E-state index in [2.05, 4.69) is 24.4 Å². The van der Waals surface area contributed by atoms with Crippen LogP contribution in [0, 0.1) is 12.8 Å². The lowest BCUT2D eigenvalue weighted by Gasteiger charge is -2.05. The van der Waals surface area contributed by atoms with E-state index in [4.69, 9.17) is 0 Å². The van der Waals surface area contributed by atoms with Crippen molar-refractivity contribution in [2.45, 2.75) is 24.7 Å². The number of aryl methyl sites for hydroxylation is 1. The van der Waals surface area contributed by atoms with Crippen molar-refractivity contribution in [3.05, 3.63) is 29.8 Å². The van der Waals surface area contributed by atoms with Crippen LogP contribution < -0.4 is 5.32 Å². The van der Waals surface area contributed by atoms with Gasteiger partial charge < -0.3 is 5.32 Å². The van der Waals surface area contributed by atoms with E-state index in [1.165, 1.54) is 23.3 Å². The van der Waals surface area contributed by atoms with Gasteiger partial charge in [0.2, 0.25) is 5.91 Å². The number of thioether (sulfide) groups is 1. The second kappa shape index (κ2) is 5.39. The van der Waals surface area contributed by atoms with Gasteiger partial charge in [0.05, 0.1) is 5.75 Å². The maximum absolute atomic E-state index is 11.5. The molecule has 2 rings (SSSR count). The van der Waals surface area contributed by atoms with Crippen molar-refractivity contribution in [1.29, 1.82) is 0 Å². The Balaban J connectivity index is 1.73. The van der Waals surface area contributed by atoms with E-state index < -0.39 is 0 Å². The minimum atomic E-state index is 0.153. The van der Waals surface area contributed by atoms with Gasteiger partial charge in [-0.2, -0.15) is 0 Å². The molecule has 16 heavy (non-hydrogen) atoms. The van der Waals surface area contributed by atoms with Gasteiger partial charge >= 0.3 is 0 Å². The molecule has 1 fully saturated rings. The van der Waals surface area contributed by atoms with Crippen molar-refractivity contribution in [3.8, 4) is 0 Å². The normalized spacial score (nSPS) is 14.8. The topological polar surface area (TPSA) is 29.1 Å². The quantitative estimate of drug-likeness (QED) is 0.795. The summed E-state index contributed by atoms with van der Waals surface area (Å²) in [6, 6.07) is 8.17. The minimum Gasteiger partial charge on any atom is -0.355 e. The Morgan fingerprint density at radius 2 is 2.19 bits per heavy atom. The van der Waals surface area contributed by atoms with Crippen molar-refractivity contribution in [3.63, 3.8) is 0 Å². The molecule has 0 bridgehead atoms. The maximum Gasteiger partial charge on any atom is 0.230 e. The molecule has 0 aliphatic heterocycles. The molecule has 0 unspecified atom stereocenters. The van der Waals surface area contributed by atoms with Gasteiger partial charge in [0.1, 0.15) is 0 Å². The average Bonchev–Trinajstić information content (AvgIpc) is 3.09. The van der Waals surface area contributed by atoms with Crippen LogP contribution in [-0.4, -0.2) is 18.2 Å². The number of hydrogen-bond acceptors (Lipinski definition) is 2. The van der Waals surface area contributed by atoms with E-state index in [1.54, 1.807) is 11.8 Å². The van der Waals surface area contributed by atoms with Crippen LogP contribution in [-0.2, 0) is 4.79 Å². The van der Waals surface area contributed by atoms with Crippen LogP contribution in [0.3, 0.4) is 0 Å². The van der Waals surface area contributed by atoms with Crippen LogP contribution in [0.4, 0.5) is 0 Å². The number of hydrogen-bond donors (Lipinski definition) is 1. The molecule has 3 heteroatoms. The molecule has 0 spiro atoms. The summed E-state index contributed by atoms with van der Waals surface area (Å²) in [6.07, 6.45) is 2.57. The third-order valence-corrected chi connectivity index (χ3v) is 3.91. The molecule has 0 aromatic heterocycles. The Bertz CT molecular complexity index is 374. The van der Waals surface area contributed by atoms with Crippen LogP contribution in [0.25, 0.3) is 0 Å². The van der Waals surface area contributed by atoms with E-state index in [9.17, 15) is 4.79 Å². The van der Waals surface area contributed by atoms with Crippen LogP contribution in [0.15, 0.2) is 29.2 Å². The molecule has 1 aromatic rings. The van der Waals surface area contributed by atoms with Crippen LogP contribution in [0.2, 0.25) is 0 Å². The van der Waals surface area contributed by atoms with Gasteiger partial charge in [-0.15, -0.1) is 11.8 Å². The maximum atomic E-state index is 11.5. The minimum absolute atomic E-state index is 0.153. The molecule has 1 amide bonds. The smallest absolute Gasteiger partial charge is 0.230 e. The van der Waals surface area contributed by atoms with E-state index in [0.29, 0.717) is 5.75 Å². The Labute approximate surface area is 101 Å². The van der Waals surface area contributed by atoms with Crippen LogP contribution in [0.5, 0.6) is 0 Å². The monoisotopic (exact) mass is 235 g/mol. The highest BCUT2D eigenvalue weighted by Crippen LogP contribution is 2.27. The number of amides is 1. The standard InChI is InChI=1S/C13H17NOS/c1-10-4-2-3-5-12(10)16-9-13(15)14-8-11-6-7-11/h2-5,11H,6-9H2,1H3,(H,14,15). The molecule has 0 saturated heterocycles. The third kappa shape index (κ3) is 3.56. The fraction of sp³-hybridized carbons (Fsp3) is 0.462. The van der Waals surface area contributed by atoms with Crippen molar-refractivity contribution < 1.29 is 4.79 Å². The molecule has 0 heterocycles. The van der Waals surface area contributed by atoms with Gasteiger partial charge in [0.15, 0.2) is 0 Å². The first-order valence-electron chi connectivity index (χ1n) is 5.71. The predicted octanol–water partition coefficient (Wildman–Crippen LogP) is 2.61. The Morgan fingerprint density at radius 1 is 1.44 bits per heavy atom. The van der Waals surface area contributed by atoms with Gasteiger partial charge in [-0.1, -0.05) is 18.2 Å². The summed E-state index contributed by atoms with van der Waals surface area (Å²) >= 11 is 1.62. The SMILES string of the molecule is Cc1ccccc1SCC(=O)NCC1CC1. The molecular weight excluding hydrogens is 218 g/mol. The highest BCUT2D eigenvalue weighted by Gasteiger charge is 2.21. The first kappa shape index (κ1) is 11.5. The van der Waals surface area contributed by atoms with E-state index in [0.717, 1.165) is 12.5 Å². The summed E-state index contributed by atoms with van der Waals surface area (Å²) < 4.78 is 0. The van der Waals surface area contributed by atoms with Gasteiger partial charge in [-0.05, 0) is 37.3 Å². The lowest BCUT2D eigenvalue weighted by molar-refractivity contribution is -0.118. The molecule has 0 radical (unpaired) electrons. The molecule has 1 saturated carbocycles. The summed E-state index contributed by atoms with van der Waals surface area (Å²) in [5.74, 6) is 1.44. The van der Waals surface area contributed by atoms with Gasteiger partial charge in [-0.25, -0.2) is 0 Å². The number of rotatable bonds is 5. The average molecular weight is 235 g/mol. The third-order valence-electron chi connectivity index (χ3n) is 2.74. The fourth-order valence-electron chi connectivity index (χ4n) is 1.49. The Hall–Kier alpha value is -0.960. The first-order valence-corrected chi connectivity index (χ1v) is 6.69. The van der Waals surface area contributed by atoms with Gasteiger partial charge in [0, 0.05) is 11.4 Å². The van der Waals surface area contributed by atoms with E-state index >= 15 is 0 Å². The highest BCUT2D eigenvalue weighted by molar-refractivity contribution is 8.00. The summed E-state index contributed by atoms with van der Waals surface area (Å²) in [4.78, 5) is 12.7. The zero-order valence-corrected chi connectivity index (χ0v) is 10.3. The highest BCUT2D eigenvalue weighted by atomic mass is 32.2. The molecule has 1 aliphatic carbocycles. The largest absolute Gasteiger partial charge is 0.355 e. The molecule has 1 N–H and O–H groups in total. The molecule has 0 atom stereocenters.